The first kappa shape index (κ1) is 9.45. The minimum atomic E-state index is 0. The zero-order valence-electron chi connectivity index (χ0n) is 3.62. The molecule has 1 nitrogen and oxygen atoms in total. The number of rotatable bonds is 1. The van der Waals surface area contributed by atoms with Crippen LogP contribution >= 0.6 is 0 Å². The molecule has 6 heavy (non-hydrogen) atoms. The van der Waals surface area contributed by atoms with E-state index in [0.29, 0.717) is 5.57 Å². The Balaban J connectivity index is 0. The van der Waals surface area contributed by atoms with Crippen molar-refractivity contribution in [3.05, 3.63) is 12.2 Å². The van der Waals surface area contributed by atoms with Gasteiger partial charge in [-0.2, -0.15) is 5.57 Å². The van der Waals surface area contributed by atoms with Crippen molar-refractivity contribution in [2.24, 2.45) is 0 Å². The fraction of sp³-hybridized carbons (Fsp3) is 0.250. The molecule has 32 valence electrons. The molecule has 0 amide bonds. The van der Waals surface area contributed by atoms with Crippen LogP contribution in [0.3, 0.4) is 0 Å². The molecule has 0 aromatic rings. The fourth-order valence-electron chi connectivity index (χ4n) is 0. The first-order chi connectivity index (χ1) is 2.27. The summed E-state index contributed by atoms with van der Waals surface area (Å²) in [7, 11) is 0. The van der Waals surface area contributed by atoms with E-state index in [2.05, 4.69) is 6.58 Å². The van der Waals surface area contributed by atoms with E-state index in [1.807, 2.05) is 0 Å². The molecule has 0 atom stereocenters. The number of hydrogen-bond acceptors (Lipinski definition) is 1. The molecule has 0 saturated carbocycles. The quantitative estimate of drug-likeness (QED) is 0.280. The van der Waals surface area contributed by atoms with E-state index in [-0.39, 0.29) is 21.7 Å². The third-order valence-electron chi connectivity index (χ3n) is 0.174. The molecular weight excluding hydrogens is 112 g/mol. The zero-order valence-corrected chi connectivity index (χ0v) is 5.18. The van der Waals surface area contributed by atoms with Crippen LogP contribution in [0.25, 0.3) is 0 Å². The third kappa shape index (κ3) is 8.92. The molecule has 0 heterocycles. The molecule has 0 radical (unpaired) electrons. The SMILES string of the molecule is C=C(C)[C-]=O.[Ti]. The Kier molecular flexibility index (Phi) is 8.07. The predicted octanol–water partition coefficient (Wildman–Crippen LogP) is 0.670. The topological polar surface area (TPSA) is 17.1 Å². The van der Waals surface area contributed by atoms with Crippen LogP contribution in [0.1, 0.15) is 6.92 Å². The zero-order chi connectivity index (χ0) is 4.28. The molecule has 0 aromatic carbocycles. The van der Waals surface area contributed by atoms with Crippen LogP contribution in [0.15, 0.2) is 12.2 Å². The van der Waals surface area contributed by atoms with Gasteiger partial charge in [0.15, 0.2) is 0 Å². The third-order valence-corrected chi connectivity index (χ3v) is 0.174. The van der Waals surface area contributed by atoms with Crippen molar-refractivity contribution in [1.29, 1.82) is 0 Å². The summed E-state index contributed by atoms with van der Waals surface area (Å²) in [6.45, 7) is 4.85. The molecule has 0 rings (SSSR count). The van der Waals surface area contributed by atoms with Gasteiger partial charge in [-0.05, 0) is 6.29 Å². The van der Waals surface area contributed by atoms with E-state index in [0.717, 1.165) is 0 Å². The summed E-state index contributed by atoms with van der Waals surface area (Å²) in [5.74, 6) is 0. The van der Waals surface area contributed by atoms with Gasteiger partial charge in [-0.1, -0.05) is 6.92 Å². The van der Waals surface area contributed by atoms with Gasteiger partial charge in [-0.3, -0.25) is 0 Å². The van der Waals surface area contributed by atoms with Gasteiger partial charge in [-0.25, -0.2) is 6.58 Å². The van der Waals surface area contributed by atoms with Crippen molar-refractivity contribution in [3.63, 3.8) is 0 Å². The molecule has 2 heteroatoms. The van der Waals surface area contributed by atoms with Crippen molar-refractivity contribution in [2.45, 2.75) is 6.92 Å². The number of allylic oxidation sites excluding steroid dienone is 1. The summed E-state index contributed by atoms with van der Waals surface area (Å²) in [5, 5.41) is 0. The molecule has 0 spiro atoms. The Morgan fingerprint density at radius 2 is 2.00 bits per heavy atom. The summed E-state index contributed by atoms with van der Waals surface area (Å²) < 4.78 is 0. The fourth-order valence-corrected chi connectivity index (χ4v) is 0. The standard InChI is InChI=1S/C4H5O.Ti/c1-4(2)3-5;/h1H2,2H3;/q-1;. The molecule has 0 aromatic heterocycles. The van der Waals surface area contributed by atoms with E-state index in [1.165, 1.54) is 0 Å². The summed E-state index contributed by atoms with van der Waals surface area (Å²) >= 11 is 0. The average Bonchev–Trinajstić information content (AvgIpc) is 1.38. The van der Waals surface area contributed by atoms with Crippen molar-refractivity contribution in [2.75, 3.05) is 0 Å². The van der Waals surface area contributed by atoms with E-state index >= 15 is 0 Å². The van der Waals surface area contributed by atoms with Gasteiger partial charge in [0.05, 0.1) is 0 Å². The van der Waals surface area contributed by atoms with Gasteiger partial charge in [0.1, 0.15) is 0 Å². The van der Waals surface area contributed by atoms with Gasteiger partial charge in [0.25, 0.3) is 0 Å². The molecule has 0 aliphatic carbocycles. The van der Waals surface area contributed by atoms with Crippen molar-refractivity contribution in [3.8, 4) is 0 Å². The maximum Gasteiger partial charge on any atom is 0 e. The summed E-state index contributed by atoms with van der Waals surface area (Å²) in [5.41, 5.74) is 0.449. The number of hydrogen-bond donors (Lipinski definition) is 0. The first-order valence-corrected chi connectivity index (χ1v) is 1.31. The van der Waals surface area contributed by atoms with Crippen LogP contribution in [0.5, 0.6) is 0 Å². The van der Waals surface area contributed by atoms with Crippen molar-refractivity contribution < 1.29 is 26.5 Å². The second-order valence-electron chi connectivity index (χ2n) is 0.882. The van der Waals surface area contributed by atoms with Crippen LogP contribution in [-0.2, 0) is 26.5 Å². The second-order valence-corrected chi connectivity index (χ2v) is 0.882. The van der Waals surface area contributed by atoms with Gasteiger partial charge < -0.3 is 4.79 Å². The molecule has 0 aliphatic heterocycles. The molecule has 0 fully saturated rings. The second kappa shape index (κ2) is 5.12. The molecule has 0 aliphatic rings. The first-order valence-electron chi connectivity index (χ1n) is 1.31. The molecule has 0 unspecified atom stereocenters. The van der Waals surface area contributed by atoms with Crippen molar-refractivity contribution in [1.82, 2.24) is 0 Å². The van der Waals surface area contributed by atoms with Crippen molar-refractivity contribution >= 4 is 6.29 Å². The maximum absolute atomic E-state index is 9.28. The van der Waals surface area contributed by atoms with Gasteiger partial charge in [-0.15, -0.1) is 0 Å². The van der Waals surface area contributed by atoms with E-state index < -0.39 is 0 Å². The summed E-state index contributed by atoms with van der Waals surface area (Å²) in [6.07, 6.45) is 1.58. The van der Waals surface area contributed by atoms with Crippen LogP contribution < -0.4 is 0 Å². The minimum absolute atomic E-state index is 0. The Morgan fingerprint density at radius 1 is 1.83 bits per heavy atom. The van der Waals surface area contributed by atoms with Gasteiger partial charge in [0, 0.05) is 21.7 Å². The van der Waals surface area contributed by atoms with E-state index in [9.17, 15) is 4.79 Å². The normalized spacial score (nSPS) is 5.50. The molecule has 0 saturated heterocycles. The Labute approximate surface area is 52.3 Å². The monoisotopic (exact) mass is 117 g/mol. The number of carbonyl (C=O) groups excluding carboxylic acids is 1. The van der Waals surface area contributed by atoms with Crippen LogP contribution in [0.4, 0.5) is 0 Å². The van der Waals surface area contributed by atoms with Crippen LogP contribution in [-0.4, -0.2) is 6.29 Å². The molecular formula is C4H5OTi-. The average molecular weight is 117 g/mol. The largest absolute Gasteiger partial charge is 0.419 e. The Morgan fingerprint density at radius 3 is 2.00 bits per heavy atom. The smallest absolute Gasteiger partial charge is 0 e. The predicted molar refractivity (Wildman–Crippen MR) is 20.5 cm³/mol. The van der Waals surface area contributed by atoms with Gasteiger partial charge >= 0.3 is 0 Å². The summed E-state index contributed by atoms with van der Waals surface area (Å²) in [6, 6.07) is 0. The van der Waals surface area contributed by atoms with Crippen LogP contribution in [0.2, 0.25) is 0 Å². The Bertz CT molecular complexity index is 58.6. The van der Waals surface area contributed by atoms with Crippen LogP contribution in [0, 0.1) is 0 Å². The van der Waals surface area contributed by atoms with Gasteiger partial charge in [0.2, 0.25) is 0 Å². The minimum Gasteiger partial charge on any atom is -0.419 e. The molecule has 0 bridgehead atoms. The van der Waals surface area contributed by atoms with E-state index in [4.69, 9.17) is 0 Å². The Hall–Kier alpha value is 0.124. The maximum atomic E-state index is 9.28. The molecule has 0 N–H and O–H groups in total. The van der Waals surface area contributed by atoms with E-state index in [1.54, 1.807) is 13.2 Å². The summed E-state index contributed by atoms with van der Waals surface area (Å²) in [4.78, 5) is 9.28.